The van der Waals surface area contributed by atoms with E-state index in [2.05, 4.69) is 21.8 Å². The van der Waals surface area contributed by atoms with Crippen LogP contribution in [0.2, 0.25) is 0 Å². The molecule has 90 valence electrons. The summed E-state index contributed by atoms with van der Waals surface area (Å²) in [6.45, 7) is 5.70. The molecule has 1 saturated carbocycles. The molecule has 1 aliphatic rings. The summed E-state index contributed by atoms with van der Waals surface area (Å²) in [6, 6.07) is 0. The second-order valence-electron chi connectivity index (χ2n) is 5.17. The van der Waals surface area contributed by atoms with Crippen LogP contribution in [0.15, 0.2) is 18.7 Å². The van der Waals surface area contributed by atoms with Crippen LogP contribution in [0.1, 0.15) is 32.6 Å². The van der Waals surface area contributed by atoms with Crippen molar-refractivity contribution in [2.24, 2.45) is 11.8 Å². The first kappa shape index (κ1) is 11.6. The summed E-state index contributed by atoms with van der Waals surface area (Å²) in [7, 11) is 0. The van der Waals surface area contributed by atoms with Crippen LogP contribution in [0.5, 0.6) is 0 Å². The Morgan fingerprint density at radius 2 is 2.25 bits per heavy atom. The van der Waals surface area contributed by atoms with E-state index >= 15 is 0 Å². The normalized spacial score (nSPS) is 19.1. The van der Waals surface area contributed by atoms with Crippen LogP contribution in [-0.2, 0) is 6.54 Å². The van der Waals surface area contributed by atoms with Crippen LogP contribution in [0.4, 0.5) is 0 Å². The summed E-state index contributed by atoms with van der Waals surface area (Å²) < 4.78 is 2.15. The molecule has 16 heavy (non-hydrogen) atoms. The minimum Gasteiger partial charge on any atom is -0.337 e. The van der Waals surface area contributed by atoms with Gasteiger partial charge in [0.15, 0.2) is 0 Å². The fourth-order valence-corrected chi connectivity index (χ4v) is 2.57. The van der Waals surface area contributed by atoms with Gasteiger partial charge in [-0.05, 0) is 37.8 Å². The molecular formula is C13H23N3. The molecule has 1 N–H and O–H groups in total. The highest BCUT2D eigenvalue weighted by Crippen LogP contribution is 2.23. The van der Waals surface area contributed by atoms with Crippen molar-refractivity contribution in [3.05, 3.63) is 18.7 Å². The Balaban J connectivity index is 1.58. The zero-order valence-corrected chi connectivity index (χ0v) is 10.2. The topological polar surface area (TPSA) is 29.9 Å². The Morgan fingerprint density at radius 1 is 1.44 bits per heavy atom. The van der Waals surface area contributed by atoms with Gasteiger partial charge in [-0.25, -0.2) is 4.98 Å². The van der Waals surface area contributed by atoms with Crippen molar-refractivity contribution < 1.29 is 0 Å². The lowest BCUT2D eigenvalue weighted by Gasteiger charge is -2.15. The Kier molecular flexibility index (Phi) is 4.40. The second-order valence-corrected chi connectivity index (χ2v) is 5.17. The maximum absolute atomic E-state index is 4.06. The highest BCUT2D eigenvalue weighted by atomic mass is 15.0. The lowest BCUT2D eigenvalue weighted by atomic mass is 10.1. The third-order valence-corrected chi connectivity index (χ3v) is 3.48. The van der Waals surface area contributed by atoms with Crippen LogP contribution < -0.4 is 5.32 Å². The van der Waals surface area contributed by atoms with Gasteiger partial charge >= 0.3 is 0 Å². The Bertz CT molecular complexity index is 275. The molecule has 1 unspecified atom stereocenters. The molecule has 0 saturated heterocycles. The molecule has 3 heteroatoms. The van der Waals surface area contributed by atoms with E-state index in [0.29, 0.717) is 5.92 Å². The van der Waals surface area contributed by atoms with Gasteiger partial charge in [-0.15, -0.1) is 0 Å². The molecule has 1 atom stereocenters. The molecule has 0 bridgehead atoms. The minimum absolute atomic E-state index is 0.676. The van der Waals surface area contributed by atoms with E-state index in [1.807, 2.05) is 18.7 Å². The molecule has 0 amide bonds. The molecule has 1 heterocycles. The van der Waals surface area contributed by atoms with Gasteiger partial charge in [-0.2, -0.15) is 0 Å². The molecule has 1 aliphatic carbocycles. The van der Waals surface area contributed by atoms with Gasteiger partial charge in [-0.3, -0.25) is 0 Å². The van der Waals surface area contributed by atoms with Crippen molar-refractivity contribution in [1.82, 2.24) is 14.9 Å². The molecule has 2 rings (SSSR count). The Hall–Kier alpha value is -0.830. The van der Waals surface area contributed by atoms with Gasteiger partial charge in [0.05, 0.1) is 6.33 Å². The van der Waals surface area contributed by atoms with Crippen LogP contribution in [0.25, 0.3) is 0 Å². The zero-order chi connectivity index (χ0) is 11.2. The van der Waals surface area contributed by atoms with Crippen molar-refractivity contribution in [3.8, 4) is 0 Å². The van der Waals surface area contributed by atoms with E-state index in [1.165, 1.54) is 32.2 Å². The number of nitrogens with one attached hydrogen (secondary N) is 1. The fraction of sp³-hybridized carbons (Fsp3) is 0.769. The Morgan fingerprint density at radius 3 is 2.94 bits per heavy atom. The van der Waals surface area contributed by atoms with E-state index in [-0.39, 0.29) is 0 Å². The minimum atomic E-state index is 0.676. The molecule has 1 aromatic rings. The van der Waals surface area contributed by atoms with Gasteiger partial charge in [0.25, 0.3) is 0 Å². The predicted molar refractivity (Wildman–Crippen MR) is 66.2 cm³/mol. The van der Waals surface area contributed by atoms with E-state index in [0.717, 1.165) is 19.0 Å². The van der Waals surface area contributed by atoms with Gasteiger partial charge in [0.2, 0.25) is 0 Å². The summed E-state index contributed by atoms with van der Waals surface area (Å²) in [5.74, 6) is 1.62. The van der Waals surface area contributed by atoms with Crippen molar-refractivity contribution in [3.63, 3.8) is 0 Å². The van der Waals surface area contributed by atoms with Crippen molar-refractivity contribution in [2.45, 2.75) is 39.2 Å². The average Bonchev–Trinajstić information content (AvgIpc) is 2.90. The molecular weight excluding hydrogens is 198 g/mol. The second kappa shape index (κ2) is 6.04. The molecule has 0 aromatic carbocycles. The summed E-state index contributed by atoms with van der Waals surface area (Å²) in [4.78, 5) is 4.06. The standard InChI is InChI=1S/C13H23N3/c1-12(10-16-7-6-14-11-16)8-15-9-13-4-2-3-5-13/h6-7,11-13,15H,2-5,8-10H2,1H3. The quantitative estimate of drug-likeness (QED) is 0.799. The zero-order valence-electron chi connectivity index (χ0n) is 10.2. The number of rotatable bonds is 6. The number of hydrogen-bond acceptors (Lipinski definition) is 2. The molecule has 3 nitrogen and oxygen atoms in total. The first-order valence-corrected chi connectivity index (χ1v) is 6.51. The summed E-state index contributed by atoms with van der Waals surface area (Å²) in [5, 5.41) is 3.61. The highest BCUT2D eigenvalue weighted by molar-refractivity contribution is 4.76. The van der Waals surface area contributed by atoms with Gasteiger partial charge < -0.3 is 9.88 Å². The molecule has 0 aliphatic heterocycles. The maximum atomic E-state index is 4.06. The summed E-state index contributed by atoms with van der Waals surface area (Å²) in [5.41, 5.74) is 0. The first-order valence-electron chi connectivity index (χ1n) is 6.51. The SMILES string of the molecule is CC(CNCC1CCCC1)Cn1ccnc1. The lowest BCUT2D eigenvalue weighted by molar-refractivity contribution is 0.412. The van der Waals surface area contributed by atoms with Crippen LogP contribution in [0.3, 0.4) is 0 Å². The first-order chi connectivity index (χ1) is 7.84. The van der Waals surface area contributed by atoms with Crippen molar-refractivity contribution >= 4 is 0 Å². The van der Waals surface area contributed by atoms with Crippen molar-refractivity contribution in [1.29, 1.82) is 0 Å². The number of aromatic nitrogens is 2. The lowest BCUT2D eigenvalue weighted by Crippen LogP contribution is -2.28. The average molecular weight is 221 g/mol. The van der Waals surface area contributed by atoms with Gasteiger partial charge in [0.1, 0.15) is 0 Å². The van der Waals surface area contributed by atoms with E-state index in [9.17, 15) is 0 Å². The van der Waals surface area contributed by atoms with Crippen molar-refractivity contribution in [2.75, 3.05) is 13.1 Å². The highest BCUT2D eigenvalue weighted by Gasteiger charge is 2.14. The monoisotopic (exact) mass is 221 g/mol. The maximum Gasteiger partial charge on any atom is 0.0946 e. The van der Waals surface area contributed by atoms with Crippen LogP contribution in [0, 0.1) is 11.8 Å². The third-order valence-electron chi connectivity index (χ3n) is 3.48. The fourth-order valence-electron chi connectivity index (χ4n) is 2.57. The number of imidazole rings is 1. The van der Waals surface area contributed by atoms with Gasteiger partial charge in [0, 0.05) is 18.9 Å². The van der Waals surface area contributed by atoms with Gasteiger partial charge in [-0.1, -0.05) is 19.8 Å². The van der Waals surface area contributed by atoms with E-state index in [1.54, 1.807) is 0 Å². The van der Waals surface area contributed by atoms with E-state index in [4.69, 9.17) is 0 Å². The smallest absolute Gasteiger partial charge is 0.0946 e. The summed E-state index contributed by atoms with van der Waals surface area (Å²) in [6.07, 6.45) is 11.5. The third kappa shape index (κ3) is 3.63. The molecule has 1 fully saturated rings. The number of nitrogens with zero attached hydrogens (tertiary/aromatic N) is 2. The molecule has 0 radical (unpaired) electrons. The largest absolute Gasteiger partial charge is 0.337 e. The predicted octanol–water partition coefficient (Wildman–Crippen LogP) is 2.30. The molecule has 0 spiro atoms. The number of hydrogen-bond donors (Lipinski definition) is 1. The molecule has 1 aromatic heterocycles. The summed E-state index contributed by atoms with van der Waals surface area (Å²) >= 11 is 0. The van der Waals surface area contributed by atoms with E-state index < -0.39 is 0 Å². The van der Waals surface area contributed by atoms with Crippen LogP contribution >= 0.6 is 0 Å². The van der Waals surface area contributed by atoms with Crippen LogP contribution in [-0.4, -0.2) is 22.6 Å². The Labute approximate surface area is 98.3 Å².